The Balaban J connectivity index is 2.55. The van der Waals surface area contributed by atoms with E-state index in [0.717, 1.165) is 0 Å². The van der Waals surface area contributed by atoms with Crippen LogP contribution in [-0.4, -0.2) is 16.9 Å². The van der Waals surface area contributed by atoms with Gasteiger partial charge in [-0.25, -0.2) is 0 Å². The first-order valence-electron chi connectivity index (χ1n) is 3.55. The summed E-state index contributed by atoms with van der Waals surface area (Å²) >= 11 is 0. The molecule has 0 aromatic heterocycles. The van der Waals surface area contributed by atoms with Crippen molar-refractivity contribution in [3.05, 3.63) is 12.2 Å². The molecule has 3 nitrogen and oxygen atoms in total. The van der Waals surface area contributed by atoms with Gasteiger partial charge in [0.15, 0.2) is 5.78 Å². The minimum Gasteiger partial charge on any atom is -0.481 e. The fraction of sp³-hybridized carbons (Fsp3) is 0.500. The van der Waals surface area contributed by atoms with Crippen molar-refractivity contribution in [1.82, 2.24) is 0 Å². The zero-order valence-corrected chi connectivity index (χ0v) is 6.17. The first kappa shape index (κ1) is 7.98. The van der Waals surface area contributed by atoms with Crippen molar-refractivity contribution in [1.29, 1.82) is 0 Å². The predicted octanol–water partition coefficient (Wildman–Crippen LogP) is 0.996. The number of hydrogen-bond acceptors (Lipinski definition) is 2. The Kier molecular flexibility index (Phi) is 2.08. The van der Waals surface area contributed by atoms with Gasteiger partial charge in [-0.3, -0.25) is 9.59 Å². The lowest BCUT2D eigenvalue weighted by Crippen LogP contribution is -2.06. The third kappa shape index (κ3) is 1.67. The molecule has 0 bridgehead atoms. The Labute approximate surface area is 64.7 Å². The van der Waals surface area contributed by atoms with E-state index in [0.29, 0.717) is 18.4 Å². The second kappa shape index (κ2) is 2.86. The van der Waals surface area contributed by atoms with Crippen LogP contribution in [0.15, 0.2) is 12.2 Å². The van der Waals surface area contributed by atoms with Crippen LogP contribution in [-0.2, 0) is 9.59 Å². The number of aliphatic carboxylic acids is 1. The van der Waals surface area contributed by atoms with Crippen molar-refractivity contribution < 1.29 is 14.7 Å². The van der Waals surface area contributed by atoms with E-state index in [1.165, 1.54) is 0 Å². The molecule has 1 fully saturated rings. The zero-order valence-electron chi connectivity index (χ0n) is 6.17. The summed E-state index contributed by atoms with van der Waals surface area (Å²) in [6, 6.07) is 0. The van der Waals surface area contributed by atoms with E-state index in [1.807, 2.05) is 0 Å². The number of carboxylic acids is 1. The molecule has 1 N–H and O–H groups in total. The molecule has 1 unspecified atom stereocenters. The molecular formula is C8H10O3. The lowest BCUT2D eigenvalue weighted by molar-refractivity contribution is -0.137. The molecule has 1 aliphatic rings. The van der Waals surface area contributed by atoms with Gasteiger partial charge >= 0.3 is 5.97 Å². The van der Waals surface area contributed by atoms with Gasteiger partial charge in [0, 0.05) is 6.42 Å². The summed E-state index contributed by atoms with van der Waals surface area (Å²) < 4.78 is 0. The zero-order chi connectivity index (χ0) is 8.43. The van der Waals surface area contributed by atoms with Crippen molar-refractivity contribution >= 4 is 11.8 Å². The molecule has 1 saturated carbocycles. The monoisotopic (exact) mass is 154 g/mol. The average Bonchev–Trinajstić information content (AvgIpc) is 2.18. The fourth-order valence-corrected chi connectivity index (χ4v) is 1.30. The van der Waals surface area contributed by atoms with E-state index in [-0.39, 0.29) is 18.1 Å². The standard InChI is InChI=1S/C8H10O3/c1-5-6(4-8(10)11)2-3-7(5)9/h6H,1-4H2,(H,10,11). The van der Waals surface area contributed by atoms with Crippen molar-refractivity contribution in [2.75, 3.05) is 0 Å². The summed E-state index contributed by atoms with van der Waals surface area (Å²) in [6.45, 7) is 3.56. The Morgan fingerprint density at radius 1 is 1.73 bits per heavy atom. The molecule has 60 valence electrons. The van der Waals surface area contributed by atoms with Gasteiger partial charge in [0.1, 0.15) is 0 Å². The maximum Gasteiger partial charge on any atom is 0.303 e. The van der Waals surface area contributed by atoms with E-state index in [4.69, 9.17) is 5.11 Å². The number of carbonyl (C=O) groups excluding carboxylic acids is 1. The number of rotatable bonds is 2. The maximum absolute atomic E-state index is 10.9. The Morgan fingerprint density at radius 3 is 2.73 bits per heavy atom. The summed E-state index contributed by atoms with van der Waals surface area (Å²) in [5.74, 6) is -0.942. The van der Waals surface area contributed by atoms with E-state index >= 15 is 0 Å². The quantitative estimate of drug-likeness (QED) is 0.603. The van der Waals surface area contributed by atoms with Crippen LogP contribution in [0, 0.1) is 5.92 Å². The fourth-order valence-electron chi connectivity index (χ4n) is 1.30. The lowest BCUT2D eigenvalue weighted by Gasteiger charge is -2.04. The number of ketones is 1. The largest absolute Gasteiger partial charge is 0.481 e. The summed E-state index contributed by atoms with van der Waals surface area (Å²) in [5.41, 5.74) is 0.493. The molecule has 0 amide bonds. The van der Waals surface area contributed by atoms with Gasteiger partial charge in [-0.1, -0.05) is 6.58 Å². The molecule has 3 heteroatoms. The van der Waals surface area contributed by atoms with Crippen LogP contribution in [0.2, 0.25) is 0 Å². The molecule has 1 aliphatic carbocycles. The second-order valence-corrected chi connectivity index (χ2v) is 2.78. The van der Waals surface area contributed by atoms with Crippen LogP contribution in [0.25, 0.3) is 0 Å². The second-order valence-electron chi connectivity index (χ2n) is 2.78. The molecule has 1 rings (SSSR count). The molecule has 0 spiro atoms. The van der Waals surface area contributed by atoms with Gasteiger partial charge in [-0.2, -0.15) is 0 Å². The molecule has 0 saturated heterocycles. The highest BCUT2D eigenvalue weighted by Crippen LogP contribution is 2.28. The number of carboxylic acid groups (broad SMARTS) is 1. The molecule has 0 heterocycles. The van der Waals surface area contributed by atoms with Gasteiger partial charge in [0.2, 0.25) is 0 Å². The van der Waals surface area contributed by atoms with E-state index < -0.39 is 5.97 Å². The molecule has 0 aromatic rings. The third-order valence-corrected chi connectivity index (χ3v) is 1.99. The lowest BCUT2D eigenvalue weighted by atomic mass is 10.0. The molecule has 0 aliphatic heterocycles. The normalized spacial score (nSPS) is 24.2. The highest BCUT2D eigenvalue weighted by atomic mass is 16.4. The van der Waals surface area contributed by atoms with Crippen LogP contribution >= 0.6 is 0 Å². The van der Waals surface area contributed by atoms with Crippen LogP contribution in [0.5, 0.6) is 0 Å². The minimum atomic E-state index is -0.856. The van der Waals surface area contributed by atoms with Crippen LogP contribution in [0.3, 0.4) is 0 Å². The van der Waals surface area contributed by atoms with Crippen molar-refractivity contribution in [3.8, 4) is 0 Å². The number of Topliss-reactive ketones (excluding diaryl/α,β-unsaturated/α-hetero) is 1. The first-order chi connectivity index (χ1) is 5.11. The SMILES string of the molecule is C=C1C(=O)CCC1CC(=O)O. The van der Waals surface area contributed by atoms with Gasteiger partial charge in [0.25, 0.3) is 0 Å². The van der Waals surface area contributed by atoms with Gasteiger partial charge in [-0.05, 0) is 17.9 Å². The average molecular weight is 154 g/mol. The van der Waals surface area contributed by atoms with Crippen molar-refractivity contribution in [2.45, 2.75) is 19.3 Å². The van der Waals surface area contributed by atoms with Crippen LogP contribution in [0.1, 0.15) is 19.3 Å². The molecule has 0 radical (unpaired) electrons. The number of allylic oxidation sites excluding steroid dienone is 1. The van der Waals surface area contributed by atoms with E-state index in [9.17, 15) is 9.59 Å². The highest BCUT2D eigenvalue weighted by Gasteiger charge is 2.27. The van der Waals surface area contributed by atoms with Gasteiger partial charge in [-0.15, -0.1) is 0 Å². The number of carbonyl (C=O) groups is 2. The van der Waals surface area contributed by atoms with E-state index in [1.54, 1.807) is 0 Å². The molecular weight excluding hydrogens is 144 g/mol. The summed E-state index contributed by atoms with van der Waals surface area (Å²) in [4.78, 5) is 21.1. The maximum atomic E-state index is 10.9. The Morgan fingerprint density at radius 2 is 2.36 bits per heavy atom. The molecule has 11 heavy (non-hydrogen) atoms. The minimum absolute atomic E-state index is 0.0243. The summed E-state index contributed by atoms with van der Waals surface area (Å²) in [7, 11) is 0. The van der Waals surface area contributed by atoms with Crippen molar-refractivity contribution in [3.63, 3.8) is 0 Å². The topological polar surface area (TPSA) is 54.4 Å². The van der Waals surface area contributed by atoms with Gasteiger partial charge < -0.3 is 5.11 Å². The molecule has 0 aromatic carbocycles. The Hall–Kier alpha value is -1.12. The smallest absolute Gasteiger partial charge is 0.303 e. The third-order valence-electron chi connectivity index (χ3n) is 1.99. The molecule has 1 atom stereocenters. The summed E-state index contributed by atoms with van der Waals surface area (Å²) in [6.07, 6.45) is 1.17. The van der Waals surface area contributed by atoms with Crippen LogP contribution in [0.4, 0.5) is 0 Å². The number of hydrogen-bond donors (Lipinski definition) is 1. The van der Waals surface area contributed by atoms with E-state index in [2.05, 4.69) is 6.58 Å². The first-order valence-corrected chi connectivity index (χ1v) is 3.55. The Bertz CT molecular complexity index is 217. The van der Waals surface area contributed by atoms with Gasteiger partial charge in [0.05, 0.1) is 6.42 Å². The highest BCUT2D eigenvalue weighted by molar-refractivity contribution is 5.98. The van der Waals surface area contributed by atoms with Crippen molar-refractivity contribution in [2.24, 2.45) is 5.92 Å². The summed E-state index contributed by atoms with van der Waals surface area (Å²) in [5, 5.41) is 8.43. The predicted molar refractivity (Wildman–Crippen MR) is 39.1 cm³/mol. The van der Waals surface area contributed by atoms with Crippen LogP contribution < -0.4 is 0 Å².